The molecule has 0 saturated carbocycles. The maximum absolute atomic E-state index is 12.3. The molecule has 4 nitrogen and oxygen atoms in total. The molecule has 2 aromatic rings. The third-order valence-electron chi connectivity index (χ3n) is 4.26. The molecule has 2 aromatic carbocycles. The highest BCUT2D eigenvalue weighted by Crippen LogP contribution is 2.11. The summed E-state index contributed by atoms with van der Waals surface area (Å²) in [5.41, 5.74) is 2.42. The summed E-state index contributed by atoms with van der Waals surface area (Å²) in [6, 6.07) is 18.1. The van der Waals surface area contributed by atoms with Gasteiger partial charge in [0.05, 0.1) is 13.2 Å². The minimum Gasteiger partial charge on any atom is -0.497 e. The van der Waals surface area contributed by atoms with Crippen molar-refractivity contribution in [3.8, 4) is 5.75 Å². The Bertz CT molecular complexity index is 641. The molecule has 0 heterocycles. The first-order valence-corrected chi connectivity index (χ1v) is 8.79. The Kier molecular flexibility index (Phi) is 7.48. The third kappa shape index (κ3) is 6.59. The molecule has 0 saturated heterocycles. The lowest BCUT2D eigenvalue weighted by atomic mass is 10.1. The number of aryl methyl sites for hydroxylation is 1. The predicted molar refractivity (Wildman–Crippen MR) is 102 cm³/mol. The number of methoxy groups -OCH3 is 1. The maximum atomic E-state index is 12.3. The van der Waals surface area contributed by atoms with Gasteiger partial charge in [0.25, 0.3) is 0 Å². The van der Waals surface area contributed by atoms with Gasteiger partial charge in [-0.25, -0.2) is 0 Å². The summed E-state index contributed by atoms with van der Waals surface area (Å²) < 4.78 is 5.15. The molecule has 0 bridgehead atoms. The highest BCUT2D eigenvalue weighted by Gasteiger charge is 2.14. The lowest BCUT2D eigenvalue weighted by Gasteiger charge is -2.18. The van der Waals surface area contributed by atoms with E-state index in [1.165, 1.54) is 5.56 Å². The lowest BCUT2D eigenvalue weighted by Crippen LogP contribution is -2.45. The van der Waals surface area contributed by atoms with Crippen molar-refractivity contribution in [3.63, 3.8) is 0 Å². The zero-order chi connectivity index (χ0) is 18.1. The Morgan fingerprint density at radius 1 is 1.00 bits per heavy atom. The zero-order valence-electron chi connectivity index (χ0n) is 15.3. The van der Waals surface area contributed by atoms with Crippen molar-refractivity contribution in [3.05, 3.63) is 65.7 Å². The van der Waals surface area contributed by atoms with Crippen molar-refractivity contribution in [1.82, 2.24) is 10.6 Å². The number of benzene rings is 2. The standard InChI is InChI=1S/C21H28N2O2/c1-16(9-10-18-7-5-4-6-8-18)23-21(24)17(2)22-15-19-11-13-20(25-3)14-12-19/h4-8,11-14,16-17,22H,9-10,15H2,1-3H3,(H,23,24)/t16-,17+/m1/s1. The second-order valence-corrected chi connectivity index (χ2v) is 6.38. The van der Waals surface area contributed by atoms with Crippen LogP contribution in [0.2, 0.25) is 0 Å². The summed E-state index contributed by atoms with van der Waals surface area (Å²) in [7, 11) is 1.65. The first kappa shape index (κ1) is 19.0. The maximum Gasteiger partial charge on any atom is 0.237 e. The molecule has 0 aliphatic heterocycles. The predicted octanol–water partition coefficient (Wildman–Crippen LogP) is 3.31. The normalized spacial score (nSPS) is 13.1. The Morgan fingerprint density at radius 2 is 1.68 bits per heavy atom. The second kappa shape index (κ2) is 9.84. The first-order chi connectivity index (χ1) is 12.1. The summed E-state index contributed by atoms with van der Waals surface area (Å²) in [6.45, 7) is 4.59. The Balaban J connectivity index is 1.71. The molecule has 4 heteroatoms. The van der Waals surface area contributed by atoms with Crippen LogP contribution in [0.25, 0.3) is 0 Å². The van der Waals surface area contributed by atoms with Crippen molar-refractivity contribution in [2.75, 3.05) is 7.11 Å². The van der Waals surface area contributed by atoms with Crippen LogP contribution in [-0.2, 0) is 17.8 Å². The van der Waals surface area contributed by atoms with E-state index in [0.717, 1.165) is 24.2 Å². The van der Waals surface area contributed by atoms with Crippen LogP contribution in [0.5, 0.6) is 5.75 Å². The van der Waals surface area contributed by atoms with Gasteiger partial charge in [0, 0.05) is 12.6 Å². The zero-order valence-corrected chi connectivity index (χ0v) is 15.3. The Hall–Kier alpha value is -2.33. The lowest BCUT2D eigenvalue weighted by molar-refractivity contribution is -0.123. The van der Waals surface area contributed by atoms with E-state index in [0.29, 0.717) is 6.54 Å². The molecule has 2 N–H and O–H groups in total. The monoisotopic (exact) mass is 340 g/mol. The molecule has 0 aliphatic rings. The van der Waals surface area contributed by atoms with Crippen LogP contribution in [0, 0.1) is 0 Å². The number of carbonyl (C=O) groups excluding carboxylic acids is 1. The van der Waals surface area contributed by atoms with Gasteiger partial charge in [0.15, 0.2) is 0 Å². The van der Waals surface area contributed by atoms with Crippen LogP contribution in [0.1, 0.15) is 31.4 Å². The van der Waals surface area contributed by atoms with Gasteiger partial charge in [-0.2, -0.15) is 0 Å². The largest absolute Gasteiger partial charge is 0.497 e. The topological polar surface area (TPSA) is 50.4 Å². The van der Waals surface area contributed by atoms with Crippen LogP contribution in [0.3, 0.4) is 0 Å². The molecule has 0 radical (unpaired) electrons. The van der Waals surface area contributed by atoms with Crippen molar-refractivity contribution >= 4 is 5.91 Å². The van der Waals surface area contributed by atoms with Crippen LogP contribution >= 0.6 is 0 Å². The van der Waals surface area contributed by atoms with Crippen LogP contribution in [0.4, 0.5) is 0 Å². The quantitative estimate of drug-likeness (QED) is 0.736. The second-order valence-electron chi connectivity index (χ2n) is 6.38. The first-order valence-electron chi connectivity index (χ1n) is 8.79. The fourth-order valence-corrected chi connectivity index (χ4v) is 2.57. The van der Waals surface area contributed by atoms with Crippen molar-refractivity contribution in [1.29, 1.82) is 0 Å². The molecule has 25 heavy (non-hydrogen) atoms. The van der Waals surface area contributed by atoms with Gasteiger partial charge in [-0.3, -0.25) is 4.79 Å². The molecule has 0 aliphatic carbocycles. The van der Waals surface area contributed by atoms with E-state index >= 15 is 0 Å². The summed E-state index contributed by atoms with van der Waals surface area (Å²) in [5, 5.41) is 6.35. The van der Waals surface area contributed by atoms with Crippen molar-refractivity contribution < 1.29 is 9.53 Å². The fraction of sp³-hybridized carbons (Fsp3) is 0.381. The number of rotatable bonds is 9. The number of hydrogen-bond acceptors (Lipinski definition) is 3. The Morgan fingerprint density at radius 3 is 2.32 bits per heavy atom. The van der Waals surface area contributed by atoms with Crippen molar-refractivity contribution in [2.45, 2.75) is 45.3 Å². The number of carbonyl (C=O) groups is 1. The van der Waals surface area contributed by atoms with Crippen LogP contribution < -0.4 is 15.4 Å². The molecule has 0 fully saturated rings. The molecule has 2 atom stereocenters. The molecule has 1 amide bonds. The van der Waals surface area contributed by atoms with E-state index in [2.05, 4.69) is 29.7 Å². The van der Waals surface area contributed by atoms with Gasteiger partial charge in [-0.15, -0.1) is 0 Å². The van der Waals surface area contributed by atoms with Crippen LogP contribution in [-0.4, -0.2) is 25.1 Å². The third-order valence-corrected chi connectivity index (χ3v) is 4.26. The summed E-state index contributed by atoms with van der Waals surface area (Å²) in [5.74, 6) is 0.871. The minimum absolute atomic E-state index is 0.0362. The van der Waals surface area contributed by atoms with Gasteiger partial charge in [0.1, 0.15) is 5.75 Å². The molecular formula is C21H28N2O2. The minimum atomic E-state index is -0.235. The van der Waals surface area contributed by atoms with E-state index in [9.17, 15) is 4.79 Å². The van der Waals surface area contributed by atoms with E-state index < -0.39 is 0 Å². The average molecular weight is 340 g/mol. The molecule has 0 spiro atoms. The van der Waals surface area contributed by atoms with Gasteiger partial charge >= 0.3 is 0 Å². The van der Waals surface area contributed by atoms with Crippen LogP contribution in [0.15, 0.2) is 54.6 Å². The molecule has 0 aromatic heterocycles. The van der Waals surface area contributed by atoms with Gasteiger partial charge < -0.3 is 15.4 Å². The summed E-state index contributed by atoms with van der Waals surface area (Å²) in [6.07, 6.45) is 1.90. The SMILES string of the molecule is COc1ccc(CN[C@@H](C)C(=O)N[C@H](C)CCc2ccccc2)cc1. The van der Waals surface area contributed by atoms with E-state index in [4.69, 9.17) is 4.74 Å². The highest BCUT2D eigenvalue weighted by molar-refractivity contribution is 5.81. The molecule has 0 unspecified atom stereocenters. The van der Waals surface area contributed by atoms with E-state index in [1.807, 2.05) is 49.4 Å². The summed E-state index contributed by atoms with van der Waals surface area (Å²) in [4.78, 5) is 12.3. The average Bonchev–Trinajstić information content (AvgIpc) is 2.65. The smallest absolute Gasteiger partial charge is 0.237 e. The van der Waals surface area contributed by atoms with Crippen molar-refractivity contribution in [2.24, 2.45) is 0 Å². The number of ether oxygens (including phenoxy) is 1. The van der Waals surface area contributed by atoms with Gasteiger partial charge in [-0.1, -0.05) is 42.5 Å². The van der Waals surface area contributed by atoms with E-state index in [1.54, 1.807) is 7.11 Å². The molecular weight excluding hydrogens is 312 g/mol. The summed E-state index contributed by atoms with van der Waals surface area (Å²) >= 11 is 0. The fourth-order valence-electron chi connectivity index (χ4n) is 2.57. The molecule has 134 valence electrons. The number of amides is 1. The highest BCUT2D eigenvalue weighted by atomic mass is 16.5. The number of hydrogen-bond donors (Lipinski definition) is 2. The number of nitrogens with one attached hydrogen (secondary N) is 2. The van der Waals surface area contributed by atoms with Gasteiger partial charge in [-0.05, 0) is 49.9 Å². The van der Waals surface area contributed by atoms with Gasteiger partial charge in [0.2, 0.25) is 5.91 Å². The van der Waals surface area contributed by atoms with E-state index in [-0.39, 0.29) is 18.0 Å². The molecule has 2 rings (SSSR count). The Labute approximate surface area is 150 Å².